The third-order valence-corrected chi connectivity index (χ3v) is 2.75. The minimum atomic E-state index is 0.0296. The molecular weight excluding hydrogens is 206 g/mol. The van der Waals surface area contributed by atoms with Crippen molar-refractivity contribution in [2.24, 2.45) is 0 Å². The van der Waals surface area contributed by atoms with Gasteiger partial charge in [0.05, 0.1) is 6.10 Å². The van der Waals surface area contributed by atoms with Gasteiger partial charge in [-0.05, 0) is 17.7 Å². The Kier molecular flexibility index (Phi) is 3.10. The van der Waals surface area contributed by atoms with Crippen LogP contribution in [0.15, 0.2) is 24.3 Å². The van der Waals surface area contributed by atoms with Crippen LogP contribution in [0, 0.1) is 0 Å². The van der Waals surface area contributed by atoms with Crippen molar-refractivity contribution in [3.8, 4) is 5.75 Å². The molecule has 1 amide bonds. The molecule has 1 atom stereocenters. The standard InChI is InChI=1S/C12H15NO3/c1-13-7-11(16-8-12(13)15)6-9-2-4-10(14)5-3-9/h2-5,11,14H,6-8H2,1H3. The van der Waals surface area contributed by atoms with E-state index in [1.165, 1.54) is 0 Å². The molecule has 1 aliphatic heterocycles. The van der Waals surface area contributed by atoms with Gasteiger partial charge in [0.15, 0.2) is 0 Å². The Bertz CT molecular complexity index is 374. The molecule has 0 spiro atoms. The van der Waals surface area contributed by atoms with Crippen molar-refractivity contribution >= 4 is 5.91 Å². The van der Waals surface area contributed by atoms with Crippen LogP contribution in [-0.2, 0) is 16.0 Å². The fourth-order valence-corrected chi connectivity index (χ4v) is 1.78. The van der Waals surface area contributed by atoms with E-state index in [9.17, 15) is 4.79 Å². The van der Waals surface area contributed by atoms with Gasteiger partial charge in [-0.15, -0.1) is 0 Å². The molecule has 0 aliphatic carbocycles. The molecule has 0 aromatic heterocycles. The van der Waals surface area contributed by atoms with Crippen LogP contribution >= 0.6 is 0 Å². The average molecular weight is 221 g/mol. The van der Waals surface area contributed by atoms with E-state index in [0.717, 1.165) is 12.0 Å². The SMILES string of the molecule is CN1CC(Cc2ccc(O)cc2)OCC1=O. The molecule has 1 heterocycles. The molecule has 1 unspecified atom stereocenters. The van der Waals surface area contributed by atoms with Gasteiger partial charge in [0.2, 0.25) is 5.91 Å². The molecule has 86 valence electrons. The molecule has 16 heavy (non-hydrogen) atoms. The van der Waals surface area contributed by atoms with Gasteiger partial charge in [-0.25, -0.2) is 0 Å². The number of amides is 1. The van der Waals surface area contributed by atoms with Crippen molar-refractivity contribution in [2.45, 2.75) is 12.5 Å². The molecule has 1 N–H and O–H groups in total. The Balaban J connectivity index is 1.95. The smallest absolute Gasteiger partial charge is 0.248 e. The van der Waals surface area contributed by atoms with Gasteiger partial charge in [-0.1, -0.05) is 12.1 Å². The summed E-state index contributed by atoms with van der Waals surface area (Å²) in [7, 11) is 1.79. The van der Waals surface area contributed by atoms with E-state index in [0.29, 0.717) is 6.54 Å². The molecule has 1 aromatic rings. The van der Waals surface area contributed by atoms with Crippen LogP contribution in [0.4, 0.5) is 0 Å². The maximum Gasteiger partial charge on any atom is 0.248 e. The number of morpholine rings is 1. The van der Waals surface area contributed by atoms with Crippen molar-refractivity contribution in [3.63, 3.8) is 0 Å². The molecule has 4 nitrogen and oxygen atoms in total. The number of hydrogen-bond acceptors (Lipinski definition) is 3. The zero-order chi connectivity index (χ0) is 11.5. The lowest BCUT2D eigenvalue weighted by Crippen LogP contribution is -2.45. The Labute approximate surface area is 94.4 Å². The Morgan fingerprint density at radius 3 is 2.75 bits per heavy atom. The number of ether oxygens (including phenoxy) is 1. The number of phenols is 1. The third-order valence-electron chi connectivity index (χ3n) is 2.75. The first-order chi connectivity index (χ1) is 7.65. The number of carbonyl (C=O) groups is 1. The van der Waals surface area contributed by atoms with Gasteiger partial charge in [-0.3, -0.25) is 4.79 Å². The molecule has 0 radical (unpaired) electrons. The fraction of sp³-hybridized carbons (Fsp3) is 0.417. The fourth-order valence-electron chi connectivity index (χ4n) is 1.78. The first-order valence-corrected chi connectivity index (χ1v) is 5.28. The number of benzene rings is 1. The predicted octanol–water partition coefficient (Wildman–Crippen LogP) is 0.792. The summed E-state index contributed by atoms with van der Waals surface area (Å²) in [5.74, 6) is 0.294. The van der Waals surface area contributed by atoms with E-state index in [-0.39, 0.29) is 24.4 Å². The number of hydrogen-bond donors (Lipinski definition) is 1. The summed E-state index contributed by atoms with van der Waals surface area (Å²) in [6.07, 6.45) is 0.810. The molecule has 1 aliphatic rings. The van der Waals surface area contributed by atoms with Crippen molar-refractivity contribution in [1.82, 2.24) is 4.90 Å². The number of aromatic hydroxyl groups is 1. The van der Waals surface area contributed by atoms with Gasteiger partial charge in [0.1, 0.15) is 12.4 Å². The number of nitrogens with zero attached hydrogens (tertiary/aromatic N) is 1. The average Bonchev–Trinajstić information content (AvgIpc) is 2.27. The summed E-state index contributed by atoms with van der Waals surface area (Å²) in [6, 6.07) is 7.06. The molecular formula is C12H15NO3. The molecule has 4 heteroatoms. The maximum absolute atomic E-state index is 11.2. The molecule has 1 saturated heterocycles. The highest BCUT2D eigenvalue weighted by Gasteiger charge is 2.23. The van der Waals surface area contributed by atoms with Gasteiger partial charge in [-0.2, -0.15) is 0 Å². The zero-order valence-electron chi connectivity index (χ0n) is 9.22. The van der Waals surface area contributed by atoms with Crippen LogP contribution in [-0.4, -0.2) is 42.2 Å². The molecule has 0 bridgehead atoms. The minimum absolute atomic E-state index is 0.0296. The highest BCUT2D eigenvalue weighted by molar-refractivity contribution is 5.77. The number of likely N-dealkylation sites (N-methyl/N-ethyl adjacent to an activating group) is 1. The number of rotatable bonds is 2. The molecule has 2 rings (SSSR count). The summed E-state index contributed by atoms with van der Waals surface area (Å²) in [5, 5.41) is 9.16. The Morgan fingerprint density at radius 1 is 1.44 bits per heavy atom. The second-order valence-corrected chi connectivity index (χ2v) is 4.08. The summed E-state index contributed by atoms with van der Waals surface area (Å²) >= 11 is 0. The highest BCUT2D eigenvalue weighted by atomic mass is 16.5. The summed E-state index contributed by atoms with van der Waals surface area (Å²) < 4.78 is 5.44. The first-order valence-electron chi connectivity index (χ1n) is 5.28. The summed E-state index contributed by atoms with van der Waals surface area (Å²) in [6.45, 7) is 0.791. The summed E-state index contributed by atoms with van der Waals surface area (Å²) in [5.41, 5.74) is 1.10. The summed E-state index contributed by atoms with van der Waals surface area (Å²) in [4.78, 5) is 12.9. The van der Waals surface area contributed by atoms with Gasteiger partial charge in [0, 0.05) is 20.0 Å². The number of phenolic OH excluding ortho intramolecular Hbond substituents is 1. The van der Waals surface area contributed by atoms with E-state index >= 15 is 0 Å². The topological polar surface area (TPSA) is 49.8 Å². The lowest BCUT2D eigenvalue weighted by molar-refractivity contribution is -0.146. The number of carbonyl (C=O) groups excluding carboxylic acids is 1. The van der Waals surface area contributed by atoms with Crippen LogP contribution in [0.2, 0.25) is 0 Å². The highest BCUT2D eigenvalue weighted by Crippen LogP contribution is 2.14. The third kappa shape index (κ3) is 2.52. The molecule has 0 saturated carbocycles. The quantitative estimate of drug-likeness (QED) is 0.803. The van der Waals surface area contributed by atoms with E-state index in [1.807, 2.05) is 12.1 Å². The normalized spacial score (nSPS) is 21.2. The van der Waals surface area contributed by atoms with Crippen molar-refractivity contribution in [3.05, 3.63) is 29.8 Å². The van der Waals surface area contributed by atoms with Gasteiger partial charge < -0.3 is 14.7 Å². The van der Waals surface area contributed by atoms with E-state index in [4.69, 9.17) is 9.84 Å². The predicted molar refractivity (Wildman–Crippen MR) is 59.2 cm³/mol. The van der Waals surface area contributed by atoms with Gasteiger partial charge in [0.25, 0.3) is 0 Å². The first kappa shape index (κ1) is 11.0. The van der Waals surface area contributed by atoms with Crippen LogP contribution in [0.1, 0.15) is 5.56 Å². The van der Waals surface area contributed by atoms with Crippen molar-refractivity contribution in [2.75, 3.05) is 20.2 Å². The van der Waals surface area contributed by atoms with Gasteiger partial charge >= 0.3 is 0 Å². The second-order valence-electron chi connectivity index (χ2n) is 4.08. The Hall–Kier alpha value is -1.55. The second kappa shape index (κ2) is 4.53. The maximum atomic E-state index is 11.2. The van der Waals surface area contributed by atoms with Crippen molar-refractivity contribution < 1.29 is 14.6 Å². The zero-order valence-corrected chi connectivity index (χ0v) is 9.22. The lowest BCUT2D eigenvalue weighted by Gasteiger charge is -2.29. The van der Waals surface area contributed by atoms with Crippen LogP contribution in [0.3, 0.4) is 0 Å². The molecule has 1 aromatic carbocycles. The van der Waals surface area contributed by atoms with Crippen LogP contribution in [0.5, 0.6) is 5.75 Å². The lowest BCUT2D eigenvalue weighted by atomic mass is 10.1. The Morgan fingerprint density at radius 2 is 2.12 bits per heavy atom. The van der Waals surface area contributed by atoms with E-state index in [2.05, 4.69) is 0 Å². The van der Waals surface area contributed by atoms with E-state index < -0.39 is 0 Å². The van der Waals surface area contributed by atoms with Crippen molar-refractivity contribution in [1.29, 1.82) is 0 Å². The van der Waals surface area contributed by atoms with Crippen LogP contribution < -0.4 is 0 Å². The van der Waals surface area contributed by atoms with E-state index in [1.54, 1.807) is 24.1 Å². The monoisotopic (exact) mass is 221 g/mol. The minimum Gasteiger partial charge on any atom is -0.508 e. The van der Waals surface area contributed by atoms with Crippen LogP contribution in [0.25, 0.3) is 0 Å². The molecule has 1 fully saturated rings. The largest absolute Gasteiger partial charge is 0.508 e.